The second-order valence-electron chi connectivity index (χ2n) is 14.5. The second-order valence-corrected chi connectivity index (χ2v) is 14.5. The minimum atomic E-state index is -4.44. The molecule has 3 aromatic rings. The van der Waals surface area contributed by atoms with Gasteiger partial charge in [0.25, 0.3) is 0 Å². The summed E-state index contributed by atoms with van der Waals surface area (Å²) in [5.74, 6) is 0. The number of nitrogen functional groups attached to an aromatic ring is 1. The van der Waals surface area contributed by atoms with E-state index in [1.54, 1.807) is 34.1 Å². The molecule has 0 spiro atoms. The summed E-state index contributed by atoms with van der Waals surface area (Å²) >= 11 is 0. The fraction of sp³-hybridized carbons (Fsp3) is 0.447. The number of halogens is 3. The molecule has 2 heterocycles. The van der Waals surface area contributed by atoms with E-state index in [1.807, 2.05) is 65.8 Å². The van der Waals surface area contributed by atoms with E-state index in [4.69, 9.17) is 24.7 Å². The van der Waals surface area contributed by atoms with Crippen molar-refractivity contribution in [1.29, 1.82) is 0 Å². The first-order chi connectivity index (χ1) is 24.8. The van der Waals surface area contributed by atoms with Gasteiger partial charge in [-0.1, -0.05) is 24.3 Å². The Hall–Kier alpha value is -5.02. The summed E-state index contributed by atoms with van der Waals surface area (Å²) in [6, 6.07) is 18.0. The zero-order chi connectivity index (χ0) is 39.0. The van der Waals surface area contributed by atoms with Gasteiger partial charge in [0.2, 0.25) is 0 Å². The maximum Gasteiger partial charge on any atom is 0.416 e. The summed E-state index contributed by atoms with van der Waals surface area (Å²) in [6.07, 6.45) is -5.58. The zero-order valence-electron chi connectivity index (χ0n) is 30.8. The van der Waals surface area contributed by atoms with Crippen LogP contribution in [0.3, 0.4) is 0 Å². The first-order valence-electron chi connectivity index (χ1n) is 17.2. The van der Waals surface area contributed by atoms with Crippen molar-refractivity contribution in [2.75, 3.05) is 55.8 Å². The van der Waals surface area contributed by atoms with E-state index in [-0.39, 0.29) is 24.0 Å². The highest BCUT2D eigenvalue weighted by molar-refractivity contribution is 5.99. The number of amides is 4. The Labute approximate surface area is 307 Å². The molecular weight excluding hydrogens is 695 g/mol. The molecule has 4 amide bonds. The standard InChI is InChI=1S/C23H26F3N3O4.C15H22N2O3/c1-22(2,3)33-21(31)29-12-13-32-19(14-29)15-4-8-17(9-5-15)27-20(30)28-18-10-6-16(7-11-18)23(24,25)26;1-15(2,3)20-14(18)17-8-9-19-13(10-17)11-4-6-12(16)7-5-11/h4-11,19H,12-14H2,1-3H3,(H2,27,28,30);4-7,13H,8-10,16H2,1-3H3. The molecule has 0 bridgehead atoms. The number of benzene rings is 3. The molecule has 2 aliphatic heterocycles. The maximum absolute atomic E-state index is 12.6. The Balaban J connectivity index is 0.000000267. The third-order valence-electron chi connectivity index (χ3n) is 7.75. The lowest BCUT2D eigenvalue weighted by Crippen LogP contribution is -2.44. The van der Waals surface area contributed by atoms with Gasteiger partial charge in [-0.05, 0) is 101 Å². The average molecular weight is 744 g/mol. The van der Waals surface area contributed by atoms with Crippen molar-refractivity contribution in [3.05, 3.63) is 89.5 Å². The number of hydrogen-bond donors (Lipinski definition) is 3. The summed E-state index contributed by atoms with van der Waals surface area (Å²) in [5, 5.41) is 5.10. The van der Waals surface area contributed by atoms with Crippen molar-refractivity contribution in [3.63, 3.8) is 0 Å². The van der Waals surface area contributed by atoms with E-state index in [9.17, 15) is 27.6 Å². The molecule has 0 radical (unpaired) electrons. The third-order valence-corrected chi connectivity index (χ3v) is 7.75. The van der Waals surface area contributed by atoms with Crippen molar-refractivity contribution in [1.82, 2.24) is 9.80 Å². The highest BCUT2D eigenvalue weighted by Gasteiger charge is 2.31. The van der Waals surface area contributed by atoms with Gasteiger partial charge in [0, 0.05) is 30.2 Å². The molecule has 0 aliphatic carbocycles. The first kappa shape index (κ1) is 40.7. The fourth-order valence-electron chi connectivity index (χ4n) is 5.21. The van der Waals surface area contributed by atoms with Gasteiger partial charge < -0.3 is 45.1 Å². The maximum atomic E-state index is 12.6. The minimum Gasteiger partial charge on any atom is -0.444 e. The number of carbonyl (C=O) groups excluding carboxylic acids is 3. The lowest BCUT2D eigenvalue weighted by molar-refractivity contribution is -0.137. The molecule has 5 rings (SSSR count). The summed E-state index contributed by atoms with van der Waals surface area (Å²) < 4.78 is 60.2. The van der Waals surface area contributed by atoms with Crippen LogP contribution in [0.2, 0.25) is 0 Å². The largest absolute Gasteiger partial charge is 0.444 e. The molecule has 15 heteroatoms. The van der Waals surface area contributed by atoms with Crippen molar-refractivity contribution in [3.8, 4) is 0 Å². The summed E-state index contributed by atoms with van der Waals surface area (Å²) in [7, 11) is 0. The average Bonchev–Trinajstić information content (AvgIpc) is 3.08. The molecule has 0 saturated carbocycles. The van der Waals surface area contributed by atoms with Crippen LogP contribution in [-0.2, 0) is 25.1 Å². The Morgan fingerprint density at radius 1 is 0.660 bits per heavy atom. The number of rotatable bonds is 4. The topological polar surface area (TPSA) is 145 Å². The predicted octanol–water partition coefficient (Wildman–Crippen LogP) is 8.24. The highest BCUT2D eigenvalue weighted by atomic mass is 19.4. The van der Waals surface area contributed by atoms with Crippen LogP contribution in [0.25, 0.3) is 0 Å². The van der Waals surface area contributed by atoms with E-state index < -0.39 is 35.1 Å². The number of hydrogen-bond acceptors (Lipinski definition) is 8. The normalized spacial score (nSPS) is 17.9. The molecule has 0 aromatic heterocycles. The Kier molecular flexibility index (Phi) is 13.2. The molecule has 288 valence electrons. The Morgan fingerprint density at radius 3 is 1.42 bits per heavy atom. The molecule has 3 aromatic carbocycles. The van der Waals surface area contributed by atoms with E-state index in [0.717, 1.165) is 23.3 Å². The van der Waals surface area contributed by atoms with Crippen LogP contribution in [0.4, 0.5) is 44.6 Å². The number of morpholine rings is 2. The van der Waals surface area contributed by atoms with Gasteiger partial charge in [-0.2, -0.15) is 13.2 Å². The molecule has 2 fully saturated rings. The molecule has 2 saturated heterocycles. The van der Waals surface area contributed by atoms with E-state index >= 15 is 0 Å². The van der Waals surface area contributed by atoms with Gasteiger partial charge >= 0.3 is 24.4 Å². The monoisotopic (exact) mass is 743 g/mol. The quantitative estimate of drug-likeness (QED) is 0.227. The van der Waals surface area contributed by atoms with Crippen LogP contribution in [0, 0.1) is 0 Å². The van der Waals surface area contributed by atoms with Crippen LogP contribution < -0.4 is 16.4 Å². The van der Waals surface area contributed by atoms with Crippen LogP contribution in [0.1, 0.15) is 70.4 Å². The summed E-state index contributed by atoms with van der Waals surface area (Å²) in [4.78, 5) is 39.8. The summed E-state index contributed by atoms with van der Waals surface area (Å²) in [6.45, 7) is 13.7. The molecule has 2 atom stereocenters. The Morgan fingerprint density at radius 2 is 1.04 bits per heavy atom. The zero-order valence-corrected chi connectivity index (χ0v) is 30.8. The SMILES string of the molecule is CC(C)(C)OC(=O)N1CCOC(c2ccc(N)cc2)C1.CC(C)(C)OC(=O)N1CCOC(c2ccc(NC(=O)Nc3ccc(C(F)(F)F)cc3)cc2)C1. The molecule has 2 aliphatic rings. The van der Waals surface area contributed by atoms with Gasteiger partial charge in [-0.3, -0.25) is 0 Å². The predicted molar refractivity (Wildman–Crippen MR) is 194 cm³/mol. The lowest BCUT2D eigenvalue weighted by atomic mass is 10.1. The van der Waals surface area contributed by atoms with Gasteiger partial charge in [0.1, 0.15) is 23.4 Å². The van der Waals surface area contributed by atoms with E-state index in [0.29, 0.717) is 50.8 Å². The number of nitrogens with zero attached hydrogens (tertiary/aromatic N) is 2. The third kappa shape index (κ3) is 13.2. The number of nitrogens with one attached hydrogen (secondary N) is 2. The minimum absolute atomic E-state index is 0.128. The van der Waals surface area contributed by atoms with Crippen molar-refractivity contribution >= 4 is 35.3 Å². The molecule has 4 N–H and O–H groups in total. The lowest BCUT2D eigenvalue weighted by Gasteiger charge is -2.34. The van der Waals surface area contributed by atoms with Crippen molar-refractivity contribution in [2.24, 2.45) is 0 Å². The van der Waals surface area contributed by atoms with Crippen molar-refractivity contribution in [2.45, 2.75) is 71.1 Å². The van der Waals surface area contributed by atoms with Gasteiger partial charge in [0.05, 0.1) is 31.9 Å². The Bertz CT molecular complexity index is 1670. The number of alkyl halides is 3. The number of nitrogens with two attached hydrogens (primary N) is 1. The van der Waals surface area contributed by atoms with Crippen LogP contribution >= 0.6 is 0 Å². The van der Waals surface area contributed by atoms with Crippen LogP contribution in [0.5, 0.6) is 0 Å². The summed E-state index contributed by atoms with van der Waals surface area (Å²) in [5.41, 5.74) is 7.11. The number of ether oxygens (including phenoxy) is 4. The van der Waals surface area contributed by atoms with E-state index in [1.165, 1.54) is 12.1 Å². The molecular formula is C38H48F3N5O7. The number of anilines is 3. The fourth-order valence-corrected chi connectivity index (χ4v) is 5.21. The van der Waals surface area contributed by atoms with Crippen molar-refractivity contribution < 1.29 is 46.5 Å². The van der Waals surface area contributed by atoms with Crippen LogP contribution in [0.15, 0.2) is 72.8 Å². The second kappa shape index (κ2) is 17.2. The molecule has 53 heavy (non-hydrogen) atoms. The first-order valence-corrected chi connectivity index (χ1v) is 17.2. The van der Waals surface area contributed by atoms with Gasteiger partial charge in [-0.25, -0.2) is 14.4 Å². The van der Waals surface area contributed by atoms with Gasteiger partial charge in [0.15, 0.2) is 0 Å². The number of carbonyl (C=O) groups is 3. The number of urea groups is 1. The van der Waals surface area contributed by atoms with E-state index in [2.05, 4.69) is 10.6 Å². The highest BCUT2D eigenvalue weighted by Crippen LogP contribution is 2.30. The molecule has 2 unspecified atom stereocenters. The van der Waals surface area contributed by atoms with Crippen LogP contribution in [-0.4, -0.2) is 78.6 Å². The molecule has 12 nitrogen and oxygen atoms in total. The smallest absolute Gasteiger partial charge is 0.416 e. The van der Waals surface area contributed by atoms with Gasteiger partial charge in [-0.15, -0.1) is 0 Å².